The number of benzene rings is 1. The van der Waals surface area contributed by atoms with E-state index in [0.29, 0.717) is 6.54 Å². The minimum absolute atomic E-state index is 0.145. The Balaban J connectivity index is 1.66. The van der Waals surface area contributed by atoms with Crippen molar-refractivity contribution in [2.24, 2.45) is 0 Å². The number of hydrogen-bond acceptors (Lipinski definition) is 4. The Hall–Kier alpha value is -1.43. The normalized spacial score (nSPS) is 23.9. The third-order valence-electron chi connectivity index (χ3n) is 4.69. The smallest absolute Gasteiger partial charge is 0.244 e. The van der Waals surface area contributed by atoms with Crippen LogP contribution in [0.4, 0.5) is 0 Å². The molecule has 0 saturated carbocycles. The van der Waals surface area contributed by atoms with Crippen molar-refractivity contribution in [1.82, 2.24) is 15.1 Å². The monoisotopic (exact) mass is 317 g/mol. The van der Waals surface area contributed by atoms with Gasteiger partial charge in [-0.05, 0) is 25.5 Å². The van der Waals surface area contributed by atoms with Crippen LogP contribution in [-0.4, -0.2) is 68.2 Å². The highest BCUT2D eigenvalue weighted by molar-refractivity contribution is 5.83. The van der Waals surface area contributed by atoms with Gasteiger partial charge in [0.05, 0.1) is 12.7 Å². The molecule has 2 atom stereocenters. The summed E-state index contributed by atoms with van der Waals surface area (Å²) in [6, 6.07) is 9.75. The fraction of sp³-hybridized carbons (Fsp3) is 0.611. The lowest BCUT2D eigenvalue weighted by molar-refractivity contribution is -0.132. The molecule has 23 heavy (non-hydrogen) atoms. The molecule has 2 aliphatic rings. The molecule has 2 fully saturated rings. The summed E-state index contributed by atoms with van der Waals surface area (Å²) in [5, 5.41) is 3.46. The number of likely N-dealkylation sites (N-methyl/N-ethyl adjacent to an activating group) is 1. The molecule has 0 unspecified atom stereocenters. The van der Waals surface area contributed by atoms with E-state index >= 15 is 0 Å². The summed E-state index contributed by atoms with van der Waals surface area (Å²) in [6.45, 7) is 5.11. The van der Waals surface area contributed by atoms with Crippen LogP contribution in [0.5, 0.6) is 0 Å². The molecule has 1 N–H and O–H groups in total. The van der Waals surface area contributed by atoms with Crippen molar-refractivity contribution < 1.29 is 9.53 Å². The Morgan fingerprint density at radius 3 is 2.70 bits per heavy atom. The molecule has 126 valence electrons. The predicted molar refractivity (Wildman–Crippen MR) is 90.2 cm³/mol. The van der Waals surface area contributed by atoms with Crippen molar-refractivity contribution in [3.63, 3.8) is 0 Å². The second-order valence-corrected chi connectivity index (χ2v) is 6.54. The summed E-state index contributed by atoms with van der Waals surface area (Å²) >= 11 is 0. The number of nitrogens with zero attached hydrogens (tertiary/aromatic N) is 2. The lowest BCUT2D eigenvalue weighted by Gasteiger charge is -2.32. The molecule has 0 aromatic heterocycles. The maximum atomic E-state index is 12.9. The SMILES string of the molecule is CN1CCO[C@@H](CN[C@H](C(=O)N2CCCC2)c2ccccc2)C1. The Morgan fingerprint density at radius 1 is 1.26 bits per heavy atom. The first-order chi connectivity index (χ1) is 11.2. The van der Waals surface area contributed by atoms with Crippen molar-refractivity contribution in [1.29, 1.82) is 0 Å². The van der Waals surface area contributed by atoms with Crippen LogP contribution in [0.25, 0.3) is 0 Å². The molecule has 5 nitrogen and oxygen atoms in total. The Labute approximate surface area is 138 Å². The number of rotatable bonds is 5. The third kappa shape index (κ3) is 4.31. The summed E-state index contributed by atoms with van der Waals surface area (Å²) in [5.41, 5.74) is 1.04. The van der Waals surface area contributed by atoms with E-state index in [1.54, 1.807) is 0 Å². The average molecular weight is 317 g/mol. The van der Waals surface area contributed by atoms with Gasteiger partial charge in [0.25, 0.3) is 0 Å². The van der Waals surface area contributed by atoms with Gasteiger partial charge in [-0.3, -0.25) is 10.1 Å². The summed E-state index contributed by atoms with van der Waals surface area (Å²) in [7, 11) is 2.11. The van der Waals surface area contributed by atoms with Gasteiger partial charge < -0.3 is 14.5 Å². The van der Waals surface area contributed by atoms with Gasteiger partial charge in [0.15, 0.2) is 0 Å². The molecule has 2 saturated heterocycles. The van der Waals surface area contributed by atoms with Crippen LogP contribution < -0.4 is 5.32 Å². The summed E-state index contributed by atoms with van der Waals surface area (Å²) < 4.78 is 5.81. The summed E-state index contributed by atoms with van der Waals surface area (Å²) in [5.74, 6) is 0.192. The number of amides is 1. The van der Waals surface area contributed by atoms with Crippen LogP contribution in [0.1, 0.15) is 24.4 Å². The first-order valence-electron chi connectivity index (χ1n) is 8.61. The summed E-state index contributed by atoms with van der Waals surface area (Å²) in [6.07, 6.45) is 2.37. The van der Waals surface area contributed by atoms with E-state index in [0.717, 1.165) is 51.2 Å². The highest BCUT2D eigenvalue weighted by Gasteiger charge is 2.28. The van der Waals surface area contributed by atoms with Crippen molar-refractivity contribution in [3.8, 4) is 0 Å². The molecule has 1 aromatic carbocycles. The molecule has 0 spiro atoms. The molecule has 1 amide bonds. The third-order valence-corrected chi connectivity index (χ3v) is 4.69. The lowest BCUT2D eigenvalue weighted by Crippen LogP contribution is -2.47. The van der Waals surface area contributed by atoms with E-state index in [-0.39, 0.29) is 18.1 Å². The van der Waals surface area contributed by atoms with Gasteiger partial charge in [0.1, 0.15) is 6.04 Å². The largest absolute Gasteiger partial charge is 0.374 e. The second kappa shape index (κ2) is 7.90. The van der Waals surface area contributed by atoms with E-state index in [4.69, 9.17) is 4.74 Å². The maximum absolute atomic E-state index is 12.9. The maximum Gasteiger partial charge on any atom is 0.244 e. The van der Waals surface area contributed by atoms with Crippen LogP contribution in [0.15, 0.2) is 30.3 Å². The predicted octanol–water partition coefficient (Wildman–Crippen LogP) is 1.27. The average Bonchev–Trinajstić information content (AvgIpc) is 3.10. The van der Waals surface area contributed by atoms with E-state index in [9.17, 15) is 4.79 Å². The van der Waals surface area contributed by atoms with Crippen molar-refractivity contribution >= 4 is 5.91 Å². The zero-order valence-electron chi connectivity index (χ0n) is 13.9. The minimum Gasteiger partial charge on any atom is -0.374 e. The van der Waals surface area contributed by atoms with Crippen LogP contribution >= 0.6 is 0 Å². The number of morpholine rings is 1. The quantitative estimate of drug-likeness (QED) is 0.888. The van der Waals surface area contributed by atoms with Gasteiger partial charge in [0, 0.05) is 32.7 Å². The number of likely N-dealkylation sites (tertiary alicyclic amines) is 1. The molecule has 2 aliphatic heterocycles. The molecular formula is C18H27N3O2. The molecular weight excluding hydrogens is 290 g/mol. The first kappa shape index (κ1) is 16.4. The van der Waals surface area contributed by atoms with E-state index in [1.165, 1.54) is 0 Å². The fourth-order valence-corrected chi connectivity index (χ4v) is 3.35. The highest BCUT2D eigenvalue weighted by atomic mass is 16.5. The topological polar surface area (TPSA) is 44.8 Å². The lowest BCUT2D eigenvalue weighted by atomic mass is 10.1. The second-order valence-electron chi connectivity index (χ2n) is 6.54. The van der Waals surface area contributed by atoms with Gasteiger partial charge in [-0.15, -0.1) is 0 Å². The van der Waals surface area contributed by atoms with Crippen LogP contribution in [0.3, 0.4) is 0 Å². The highest BCUT2D eigenvalue weighted by Crippen LogP contribution is 2.19. The number of nitrogens with one attached hydrogen (secondary N) is 1. The zero-order valence-corrected chi connectivity index (χ0v) is 13.9. The minimum atomic E-state index is -0.273. The molecule has 0 radical (unpaired) electrons. The molecule has 2 heterocycles. The molecule has 5 heteroatoms. The number of carbonyl (C=O) groups excluding carboxylic acids is 1. The molecule has 0 bridgehead atoms. The Bertz CT molecular complexity index is 502. The van der Waals surface area contributed by atoms with Crippen LogP contribution in [0.2, 0.25) is 0 Å². The standard InChI is InChI=1S/C18H27N3O2/c1-20-11-12-23-16(14-20)13-19-17(15-7-3-2-4-8-15)18(22)21-9-5-6-10-21/h2-4,7-8,16-17,19H,5-6,9-14H2,1H3/t16-,17-/m0/s1. The van der Waals surface area contributed by atoms with E-state index in [2.05, 4.69) is 17.3 Å². The number of hydrogen-bond donors (Lipinski definition) is 1. The van der Waals surface area contributed by atoms with Gasteiger partial charge in [0.2, 0.25) is 5.91 Å². The molecule has 3 rings (SSSR count). The van der Waals surface area contributed by atoms with E-state index < -0.39 is 0 Å². The first-order valence-corrected chi connectivity index (χ1v) is 8.61. The Morgan fingerprint density at radius 2 is 2.00 bits per heavy atom. The number of carbonyl (C=O) groups is 1. The van der Waals surface area contributed by atoms with Gasteiger partial charge in [-0.25, -0.2) is 0 Å². The zero-order chi connectivity index (χ0) is 16.1. The molecule has 0 aliphatic carbocycles. The summed E-state index contributed by atoms with van der Waals surface area (Å²) in [4.78, 5) is 17.2. The van der Waals surface area contributed by atoms with Crippen molar-refractivity contribution in [3.05, 3.63) is 35.9 Å². The van der Waals surface area contributed by atoms with Crippen molar-refractivity contribution in [2.45, 2.75) is 25.0 Å². The van der Waals surface area contributed by atoms with Gasteiger partial charge >= 0.3 is 0 Å². The molecule has 1 aromatic rings. The van der Waals surface area contributed by atoms with E-state index in [1.807, 2.05) is 35.2 Å². The van der Waals surface area contributed by atoms with Gasteiger partial charge in [-0.1, -0.05) is 30.3 Å². The number of ether oxygens (including phenoxy) is 1. The van der Waals surface area contributed by atoms with Gasteiger partial charge in [-0.2, -0.15) is 0 Å². The Kier molecular flexibility index (Phi) is 5.65. The fourth-order valence-electron chi connectivity index (χ4n) is 3.35. The van der Waals surface area contributed by atoms with Crippen molar-refractivity contribution in [2.75, 3.05) is 46.4 Å². The van der Waals surface area contributed by atoms with Crippen LogP contribution in [-0.2, 0) is 9.53 Å². The van der Waals surface area contributed by atoms with Crippen LogP contribution in [0, 0.1) is 0 Å².